The summed E-state index contributed by atoms with van der Waals surface area (Å²) >= 11 is 0. The molecular formula is C22H32N6O2. The van der Waals surface area contributed by atoms with Gasteiger partial charge in [0.05, 0.1) is 30.5 Å². The Balaban J connectivity index is 1.61. The van der Waals surface area contributed by atoms with Gasteiger partial charge in [0.15, 0.2) is 0 Å². The van der Waals surface area contributed by atoms with E-state index in [-0.39, 0.29) is 18.1 Å². The van der Waals surface area contributed by atoms with Crippen molar-refractivity contribution in [3.05, 3.63) is 47.5 Å². The highest BCUT2D eigenvalue weighted by atomic mass is 16.5. The van der Waals surface area contributed by atoms with Crippen LogP contribution in [-0.4, -0.2) is 94.4 Å². The average Bonchev–Trinajstić information content (AvgIpc) is 3.06. The summed E-state index contributed by atoms with van der Waals surface area (Å²) in [7, 11) is 4.08. The second-order valence-corrected chi connectivity index (χ2v) is 8.39. The van der Waals surface area contributed by atoms with E-state index in [9.17, 15) is 4.79 Å². The normalized spacial score (nSPS) is 24.0. The van der Waals surface area contributed by atoms with Crippen LogP contribution in [0.5, 0.6) is 0 Å². The van der Waals surface area contributed by atoms with Crippen LogP contribution < -0.4 is 0 Å². The molecule has 2 aliphatic rings. The van der Waals surface area contributed by atoms with E-state index in [1.807, 2.05) is 43.4 Å². The number of likely N-dealkylation sites (N-methyl/N-ethyl adjacent to an activating group) is 1. The van der Waals surface area contributed by atoms with Crippen molar-refractivity contribution < 1.29 is 9.53 Å². The first kappa shape index (κ1) is 21.0. The van der Waals surface area contributed by atoms with E-state index in [1.165, 1.54) is 0 Å². The smallest absolute Gasteiger partial charge is 0.256 e. The Morgan fingerprint density at radius 1 is 1.20 bits per heavy atom. The summed E-state index contributed by atoms with van der Waals surface area (Å²) in [5, 5.41) is 4.37. The van der Waals surface area contributed by atoms with Crippen LogP contribution in [0, 0.1) is 6.92 Å². The molecule has 0 radical (unpaired) electrons. The van der Waals surface area contributed by atoms with Crippen molar-refractivity contribution >= 4 is 5.91 Å². The minimum atomic E-state index is -0.166. The molecule has 0 aromatic carbocycles. The van der Waals surface area contributed by atoms with Gasteiger partial charge in [-0.1, -0.05) is 0 Å². The molecule has 2 atom stereocenters. The van der Waals surface area contributed by atoms with Crippen LogP contribution in [0.1, 0.15) is 34.1 Å². The number of amides is 1. The monoisotopic (exact) mass is 412 g/mol. The van der Waals surface area contributed by atoms with E-state index in [1.54, 1.807) is 10.9 Å². The van der Waals surface area contributed by atoms with Gasteiger partial charge >= 0.3 is 0 Å². The van der Waals surface area contributed by atoms with Gasteiger partial charge in [-0.15, -0.1) is 0 Å². The number of ether oxygens (including phenoxy) is 1. The number of carbonyl (C=O) groups excluding carboxylic acids is 1. The van der Waals surface area contributed by atoms with Crippen molar-refractivity contribution in [2.45, 2.75) is 25.5 Å². The molecule has 1 amide bonds. The third kappa shape index (κ3) is 4.55. The van der Waals surface area contributed by atoms with Gasteiger partial charge in [0.2, 0.25) is 0 Å². The van der Waals surface area contributed by atoms with Crippen molar-refractivity contribution in [1.82, 2.24) is 29.5 Å². The van der Waals surface area contributed by atoms with Gasteiger partial charge < -0.3 is 14.5 Å². The number of rotatable bonds is 4. The molecule has 0 bridgehead atoms. The van der Waals surface area contributed by atoms with Gasteiger partial charge in [-0.2, -0.15) is 5.10 Å². The van der Waals surface area contributed by atoms with Gasteiger partial charge in [-0.3, -0.25) is 19.4 Å². The number of nitrogens with zero attached hydrogens (tertiary/aromatic N) is 6. The van der Waals surface area contributed by atoms with Gasteiger partial charge in [-0.25, -0.2) is 0 Å². The molecule has 0 spiro atoms. The van der Waals surface area contributed by atoms with E-state index in [0.29, 0.717) is 18.7 Å². The van der Waals surface area contributed by atoms with E-state index < -0.39 is 0 Å². The molecule has 4 rings (SSSR count). The quantitative estimate of drug-likeness (QED) is 0.755. The fraction of sp³-hybridized carbons (Fsp3) is 0.591. The standard InChI is InChI=1S/C22H32N6O2/c1-17-19(6-4-7-23-17)22(29)28-12-13-30-20(21(28)18-14-24-26(3)15-18)16-27-9-5-8-25(2)10-11-27/h4,6-7,14-15,20-21H,5,8-13,16H2,1-3H3/t20-,21-/m0/s1. The van der Waals surface area contributed by atoms with E-state index >= 15 is 0 Å². The SMILES string of the molecule is Cc1ncccc1C(=O)N1CCO[C@@H](CN2CCCN(C)CC2)[C@@H]1c1cnn(C)c1. The number of aryl methyl sites for hydroxylation is 2. The van der Waals surface area contributed by atoms with E-state index in [4.69, 9.17) is 4.74 Å². The first-order chi connectivity index (χ1) is 14.5. The summed E-state index contributed by atoms with van der Waals surface area (Å²) in [4.78, 5) is 24.7. The molecule has 8 heteroatoms. The topological polar surface area (TPSA) is 66.7 Å². The van der Waals surface area contributed by atoms with Gasteiger partial charge in [0.1, 0.15) is 0 Å². The van der Waals surface area contributed by atoms with Crippen LogP contribution in [0.3, 0.4) is 0 Å². The van der Waals surface area contributed by atoms with Crippen molar-refractivity contribution in [2.75, 3.05) is 52.9 Å². The van der Waals surface area contributed by atoms with Crippen LogP contribution in [0.15, 0.2) is 30.7 Å². The maximum atomic E-state index is 13.5. The largest absolute Gasteiger partial charge is 0.373 e. The third-order valence-electron chi connectivity index (χ3n) is 6.17. The average molecular weight is 413 g/mol. The second-order valence-electron chi connectivity index (χ2n) is 8.39. The van der Waals surface area contributed by atoms with Crippen LogP contribution in [0.4, 0.5) is 0 Å². The van der Waals surface area contributed by atoms with Crippen LogP contribution >= 0.6 is 0 Å². The Bertz CT molecular complexity index is 869. The number of aromatic nitrogens is 3. The Labute approximate surface area is 178 Å². The van der Waals surface area contributed by atoms with Crippen molar-refractivity contribution in [1.29, 1.82) is 0 Å². The molecule has 2 aromatic heterocycles. The lowest BCUT2D eigenvalue weighted by Gasteiger charge is -2.42. The minimum Gasteiger partial charge on any atom is -0.373 e. The molecule has 2 saturated heterocycles. The predicted molar refractivity (Wildman–Crippen MR) is 114 cm³/mol. The van der Waals surface area contributed by atoms with Gasteiger partial charge in [0, 0.05) is 56.9 Å². The highest BCUT2D eigenvalue weighted by Gasteiger charge is 2.38. The molecule has 0 aliphatic carbocycles. The summed E-state index contributed by atoms with van der Waals surface area (Å²) in [5.74, 6) is 0.0124. The molecule has 2 aromatic rings. The third-order valence-corrected chi connectivity index (χ3v) is 6.17. The number of pyridine rings is 1. The molecule has 162 valence electrons. The number of hydrogen-bond acceptors (Lipinski definition) is 6. The maximum Gasteiger partial charge on any atom is 0.256 e. The summed E-state index contributed by atoms with van der Waals surface area (Å²) in [5.41, 5.74) is 2.43. The zero-order valence-electron chi connectivity index (χ0n) is 18.2. The molecule has 8 nitrogen and oxygen atoms in total. The Kier molecular flexibility index (Phi) is 6.46. The van der Waals surface area contributed by atoms with Gasteiger partial charge in [-0.05, 0) is 45.6 Å². The van der Waals surface area contributed by atoms with E-state index in [0.717, 1.165) is 50.4 Å². The minimum absolute atomic E-state index is 0.0124. The fourth-order valence-electron chi connectivity index (χ4n) is 4.50. The van der Waals surface area contributed by atoms with Crippen molar-refractivity contribution in [3.8, 4) is 0 Å². The summed E-state index contributed by atoms with van der Waals surface area (Å²) in [6.45, 7) is 8.06. The lowest BCUT2D eigenvalue weighted by atomic mass is 9.98. The molecule has 2 aliphatic heterocycles. The highest BCUT2D eigenvalue weighted by Crippen LogP contribution is 2.32. The van der Waals surface area contributed by atoms with Gasteiger partial charge in [0.25, 0.3) is 5.91 Å². The summed E-state index contributed by atoms with van der Waals surface area (Å²) < 4.78 is 8.06. The second kappa shape index (κ2) is 9.24. The Hall–Kier alpha value is -2.29. The first-order valence-corrected chi connectivity index (χ1v) is 10.8. The zero-order valence-corrected chi connectivity index (χ0v) is 18.2. The number of hydrogen-bond donors (Lipinski definition) is 0. The molecule has 2 fully saturated rings. The summed E-state index contributed by atoms with van der Waals surface area (Å²) in [6, 6.07) is 3.52. The molecule has 0 N–H and O–H groups in total. The fourth-order valence-corrected chi connectivity index (χ4v) is 4.50. The summed E-state index contributed by atoms with van der Waals surface area (Å²) in [6.07, 6.45) is 6.64. The van der Waals surface area contributed by atoms with E-state index in [2.05, 4.69) is 26.9 Å². The van der Waals surface area contributed by atoms with Crippen LogP contribution in [-0.2, 0) is 11.8 Å². The lowest BCUT2D eigenvalue weighted by molar-refractivity contribution is -0.0723. The Morgan fingerprint density at radius 3 is 2.83 bits per heavy atom. The molecule has 0 unspecified atom stereocenters. The predicted octanol–water partition coefficient (Wildman–Crippen LogP) is 1.34. The molecule has 4 heterocycles. The molecule has 0 saturated carbocycles. The molecular weight excluding hydrogens is 380 g/mol. The van der Waals surface area contributed by atoms with Crippen LogP contribution in [0.2, 0.25) is 0 Å². The number of carbonyl (C=O) groups is 1. The number of morpholine rings is 1. The Morgan fingerprint density at radius 2 is 2.07 bits per heavy atom. The maximum absolute atomic E-state index is 13.5. The first-order valence-electron chi connectivity index (χ1n) is 10.8. The van der Waals surface area contributed by atoms with Crippen LogP contribution in [0.25, 0.3) is 0 Å². The lowest BCUT2D eigenvalue weighted by Crippen LogP contribution is -2.52. The van der Waals surface area contributed by atoms with Crippen molar-refractivity contribution in [2.24, 2.45) is 7.05 Å². The van der Waals surface area contributed by atoms with Crippen molar-refractivity contribution in [3.63, 3.8) is 0 Å². The zero-order chi connectivity index (χ0) is 21.1. The highest BCUT2D eigenvalue weighted by molar-refractivity contribution is 5.95. The molecule has 30 heavy (non-hydrogen) atoms.